The molecule has 96 valence electrons. The van der Waals surface area contributed by atoms with Crippen molar-refractivity contribution >= 4 is 5.95 Å². The van der Waals surface area contributed by atoms with E-state index in [4.69, 9.17) is 4.74 Å². The van der Waals surface area contributed by atoms with Crippen molar-refractivity contribution in [2.75, 3.05) is 25.6 Å². The third-order valence-corrected chi connectivity index (χ3v) is 3.38. The van der Waals surface area contributed by atoms with Gasteiger partial charge < -0.3 is 14.6 Å². The zero-order valence-electron chi connectivity index (χ0n) is 10.9. The predicted molar refractivity (Wildman–Crippen MR) is 69.5 cm³/mol. The van der Waals surface area contributed by atoms with Crippen LogP contribution in [0.5, 0.6) is 0 Å². The molecule has 1 N–H and O–H groups in total. The summed E-state index contributed by atoms with van der Waals surface area (Å²) in [4.78, 5) is 4.56. The number of anilines is 1. The fourth-order valence-corrected chi connectivity index (χ4v) is 2.52. The first kappa shape index (κ1) is 12.4. The minimum atomic E-state index is 0.654. The molecule has 1 aliphatic carbocycles. The first-order valence-corrected chi connectivity index (χ1v) is 6.59. The van der Waals surface area contributed by atoms with Gasteiger partial charge in [-0.2, -0.15) is 0 Å². The Hall–Kier alpha value is -1.03. The van der Waals surface area contributed by atoms with Gasteiger partial charge in [0, 0.05) is 32.5 Å². The number of hydrogen-bond acceptors (Lipinski definition) is 3. The molecule has 2 rings (SSSR count). The van der Waals surface area contributed by atoms with Crippen LogP contribution in [-0.4, -0.2) is 29.8 Å². The van der Waals surface area contributed by atoms with Gasteiger partial charge in [0.25, 0.3) is 0 Å². The van der Waals surface area contributed by atoms with E-state index in [1.807, 2.05) is 0 Å². The van der Waals surface area contributed by atoms with Crippen LogP contribution in [0.4, 0.5) is 5.95 Å². The van der Waals surface area contributed by atoms with Crippen molar-refractivity contribution in [3.63, 3.8) is 0 Å². The summed E-state index contributed by atoms with van der Waals surface area (Å²) in [6, 6.07) is 0.654. The molecule has 1 fully saturated rings. The molecule has 0 bridgehead atoms. The Morgan fingerprint density at radius 2 is 2.24 bits per heavy atom. The van der Waals surface area contributed by atoms with Gasteiger partial charge in [0.05, 0.1) is 5.69 Å². The van der Waals surface area contributed by atoms with E-state index in [9.17, 15) is 0 Å². The molecule has 1 heterocycles. The van der Waals surface area contributed by atoms with Crippen molar-refractivity contribution in [2.24, 2.45) is 0 Å². The Labute approximate surface area is 103 Å². The van der Waals surface area contributed by atoms with E-state index in [2.05, 4.69) is 28.0 Å². The third kappa shape index (κ3) is 3.22. The lowest BCUT2D eigenvalue weighted by Crippen LogP contribution is -2.12. The van der Waals surface area contributed by atoms with Crippen molar-refractivity contribution in [3.05, 3.63) is 11.9 Å². The van der Waals surface area contributed by atoms with E-state index in [-0.39, 0.29) is 0 Å². The number of nitrogens with one attached hydrogen (secondary N) is 1. The Morgan fingerprint density at radius 3 is 2.94 bits per heavy atom. The highest BCUT2D eigenvalue weighted by Gasteiger charge is 2.19. The van der Waals surface area contributed by atoms with Crippen LogP contribution >= 0.6 is 0 Å². The van der Waals surface area contributed by atoms with E-state index in [1.54, 1.807) is 7.11 Å². The lowest BCUT2D eigenvalue weighted by Gasteiger charge is -2.15. The van der Waals surface area contributed by atoms with Crippen LogP contribution in [0, 0.1) is 6.92 Å². The number of aryl methyl sites for hydroxylation is 1. The molecule has 0 aliphatic heterocycles. The molecular weight excluding hydrogens is 214 g/mol. The Balaban J connectivity index is 1.95. The van der Waals surface area contributed by atoms with Gasteiger partial charge in [0.1, 0.15) is 0 Å². The molecule has 1 aliphatic rings. The van der Waals surface area contributed by atoms with Crippen LogP contribution in [0.1, 0.15) is 43.8 Å². The topological polar surface area (TPSA) is 39.1 Å². The summed E-state index contributed by atoms with van der Waals surface area (Å²) in [6.07, 6.45) is 8.49. The minimum absolute atomic E-state index is 0.654. The van der Waals surface area contributed by atoms with Gasteiger partial charge in [0.15, 0.2) is 0 Å². The zero-order valence-corrected chi connectivity index (χ0v) is 10.9. The lowest BCUT2D eigenvalue weighted by molar-refractivity contribution is 0.197. The molecule has 0 unspecified atom stereocenters. The Morgan fingerprint density at radius 1 is 1.47 bits per heavy atom. The van der Waals surface area contributed by atoms with Crippen molar-refractivity contribution in [2.45, 2.75) is 45.1 Å². The number of methoxy groups -OCH3 is 1. The summed E-state index contributed by atoms with van der Waals surface area (Å²) >= 11 is 0. The maximum atomic E-state index is 5.05. The number of imidazole rings is 1. The fourth-order valence-electron chi connectivity index (χ4n) is 2.52. The average Bonchev–Trinajstić information content (AvgIpc) is 2.93. The maximum Gasteiger partial charge on any atom is 0.203 e. The SMILES string of the molecule is COCCCNc1nc(C)cn1C1CCCC1. The maximum absolute atomic E-state index is 5.05. The largest absolute Gasteiger partial charge is 0.385 e. The second-order valence-corrected chi connectivity index (χ2v) is 4.82. The van der Waals surface area contributed by atoms with Crippen molar-refractivity contribution in [1.82, 2.24) is 9.55 Å². The average molecular weight is 237 g/mol. The van der Waals surface area contributed by atoms with Gasteiger partial charge in [0.2, 0.25) is 5.95 Å². The van der Waals surface area contributed by atoms with Crippen molar-refractivity contribution < 1.29 is 4.74 Å². The molecular formula is C13H23N3O. The predicted octanol–water partition coefficient (Wildman–Crippen LogP) is 2.76. The van der Waals surface area contributed by atoms with Crippen LogP contribution in [-0.2, 0) is 4.74 Å². The van der Waals surface area contributed by atoms with Gasteiger partial charge in [-0.25, -0.2) is 4.98 Å². The molecule has 0 amide bonds. The lowest BCUT2D eigenvalue weighted by atomic mass is 10.2. The monoisotopic (exact) mass is 237 g/mol. The van der Waals surface area contributed by atoms with Crippen molar-refractivity contribution in [3.8, 4) is 0 Å². The minimum Gasteiger partial charge on any atom is -0.385 e. The number of aromatic nitrogens is 2. The van der Waals surface area contributed by atoms with E-state index < -0.39 is 0 Å². The van der Waals surface area contributed by atoms with Crippen LogP contribution in [0.25, 0.3) is 0 Å². The fraction of sp³-hybridized carbons (Fsp3) is 0.769. The molecule has 0 radical (unpaired) electrons. The standard InChI is InChI=1S/C13H23N3O/c1-11-10-16(12-6-3-4-7-12)13(15-11)14-8-5-9-17-2/h10,12H,3-9H2,1-2H3,(H,14,15). The Kier molecular flexibility index (Phi) is 4.42. The molecule has 0 saturated heterocycles. The highest BCUT2D eigenvalue weighted by atomic mass is 16.5. The van der Waals surface area contributed by atoms with Gasteiger partial charge in [-0.1, -0.05) is 12.8 Å². The van der Waals surface area contributed by atoms with Gasteiger partial charge in [-0.3, -0.25) is 0 Å². The van der Waals surface area contributed by atoms with Crippen LogP contribution in [0.15, 0.2) is 6.20 Å². The highest BCUT2D eigenvalue weighted by Crippen LogP contribution is 2.31. The molecule has 1 aromatic rings. The van der Waals surface area contributed by atoms with Crippen LogP contribution < -0.4 is 5.32 Å². The third-order valence-electron chi connectivity index (χ3n) is 3.38. The number of hydrogen-bond donors (Lipinski definition) is 1. The summed E-state index contributed by atoms with van der Waals surface area (Å²) in [5.74, 6) is 1.03. The van der Waals surface area contributed by atoms with Crippen LogP contribution in [0.3, 0.4) is 0 Å². The molecule has 1 aromatic heterocycles. The van der Waals surface area contributed by atoms with Crippen molar-refractivity contribution in [1.29, 1.82) is 0 Å². The first-order chi connectivity index (χ1) is 8.31. The smallest absolute Gasteiger partial charge is 0.203 e. The quantitative estimate of drug-likeness (QED) is 0.773. The second kappa shape index (κ2) is 6.05. The van der Waals surface area contributed by atoms with E-state index >= 15 is 0 Å². The molecule has 0 aromatic carbocycles. The Bertz CT molecular complexity index is 342. The molecule has 4 heteroatoms. The van der Waals surface area contributed by atoms with E-state index in [0.29, 0.717) is 6.04 Å². The van der Waals surface area contributed by atoms with E-state index in [1.165, 1.54) is 25.7 Å². The summed E-state index contributed by atoms with van der Waals surface area (Å²) < 4.78 is 7.38. The summed E-state index contributed by atoms with van der Waals surface area (Å²) in [5.41, 5.74) is 1.10. The molecule has 0 atom stereocenters. The first-order valence-electron chi connectivity index (χ1n) is 6.59. The van der Waals surface area contributed by atoms with Gasteiger partial charge in [-0.15, -0.1) is 0 Å². The second-order valence-electron chi connectivity index (χ2n) is 4.82. The summed E-state index contributed by atoms with van der Waals surface area (Å²) in [7, 11) is 1.74. The molecule has 17 heavy (non-hydrogen) atoms. The molecule has 0 spiro atoms. The van der Waals surface area contributed by atoms with Gasteiger partial charge in [-0.05, 0) is 26.2 Å². The molecule has 4 nitrogen and oxygen atoms in total. The molecule has 1 saturated carbocycles. The van der Waals surface area contributed by atoms with Crippen LogP contribution in [0.2, 0.25) is 0 Å². The summed E-state index contributed by atoms with van der Waals surface area (Å²) in [5, 5.41) is 3.42. The number of ether oxygens (including phenoxy) is 1. The van der Waals surface area contributed by atoms with Gasteiger partial charge >= 0.3 is 0 Å². The highest BCUT2D eigenvalue weighted by molar-refractivity contribution is 5.29. The number of rotatable bonds is 6. The zero-order chi connectivity index (χ0) is 12.1. The van der Waals surface area contributed by atoms with E-state index in [0.717, 1.165) is 31.2 Å². The normalized spacial score (nSPS) is 16.6. The summed E-state index contributed by atoms with van der Waals surface area (Å²) in [6.45, 7) is 3.79. The number of nitrogens with zero attached hydrogens (tertiary/aromatic N) is 2.